The van der Waals surface area contributed by atoms with E-state index in [9.17, 15) is 9.59 Å². The summed E-state index contributed by atoms with van der Waals surface area (Å²) in [6.45, 7) is 7.94. The molecule has 0 aliphatic heterocycles. The first-order valence-electron chi connectivity index (χ1n) is 9.05. The maximum atomic E-state index is 12.9. The predicted molar refractivity (Wildman–Crippen MR) is 117 cm³/mol. The first-order chi connectivity index (χ1) is 13.4. The molecule has 2 aromatic carbocycles. The average Bonchev–Trinajstić information content (AvgIpc) is 2.71. The van der Waals surface area contributed by atoms with E-state index in [1.165, 1.54) is 21.9 Å². The first-order valence-corrected chi connectivity index (χ1v) is 10.3. The molecule has 0 saturated heterocycles. The summed E-state index contributed by atoms with van der Waals surface area (Å²) in [7, 11) is 0. The Labute approximate surface area is 173 Å². The van der Waals surface area contributed by atoms with Crippen LogP contribution in [0.3, 0.4) is 0 Å². The summed E-state index contributed by atoms with van der Waals surface area (Å²) >= 11 is 7.31. The number of thioether (sulfide) groups is 1. The quantitative estimate of drug-likeness (QED) is 0.233. The molecule has 0 bridgehead atoms. The highest BCUT2D eigenvalue weighted by molar-refractivity contribution is 8.00. The van der Waals surface area contributed by atoms with Gasteiger partial charge in [0, 0.05) is 17.1 Å². The van der Waals surface area contributed by atoms with Crippen LogP contribution in [0.15, 0.2) is 65.1 Å². The van der Waals surface area contributed by atoms with Gasteiger partial charge in [0.1, 0.15) is 0 Å². The summed E-state index contributed by atoms with van der Waals surface area (Å²) in [6, 6.07) is 12.7. The Bertz CT molecular complexity index is 1090. The van der Waals surface area contributed by atoms with Crippen LogP contribution in [0.2, 0.25) is 5.02 Å². The molecule has 3 aromatic rings. The molecular formula is C22H21ClN2O2S. The smallest absolute Gasteiger partial charge is 0.262 e. The molecule has 1 heterocycles. The molecule has 144 valence electrons. The number of Topliss-reactive ketones (excluding diaryl/α,β-unsaturated/α-hetero) is 1. The van der Waals surface area contributed by atoms with Crippen molar-refractivity contribution in [2.24, 2.45) is 0 Å². The van der Waals surface area contributed by atoms with Crippen molar-refractivity contribution >= 4 is 40.0 Å². The highest BCUT2D eigenvalue weighted by Gasteiger charge is 2.20. The summed E-state index contributed by atoms with van der Waals surface area (Å²) in [6.07, 6.45) is 2.57. The minimum Gasteiger partial charge on any atom is -0.293 e. The average molecular weight is 413 g/mol. The maximum Gasteiger partial charge on any atom is 0.262 e. The minimum atomic E-state index is -0.389. The van der Waals surface area contributed by atoms with Gasteiger partial charge >= 0.3 is 0 Å². The van der Waals surface area contributed by atoms with E-state index in [0.29, 0.717) is 33.2 Å². The second-order valence-corrected chi connectivity index (χ2v) is 8.18. The number of ketones is 1. The predicted octanol–water partition coefficient (Wildman–Crippen LogP) is 5.16. The molecule has 0 N–H and O–H groups in total. The Morgan fingerprint density at radius 3 is 2.64 bits per heavy atom. The van der Waals surface area contributed by atoms with Crippen LogP contribution < -0.4 is 5.56 Å². The SMILES string of the molecule is C=CCn1c(S[C@@H](C)C(=O)c2ccc(CC)cc2)nc2ccc(Cl)cc2c1=O. The van der Waals surface area contributed by atoms with E-state index in [1.807, 2.05) is 31.2 Å². The van der Waals surface area contributed by atoms with E-state index in [-0.39, 0.29) is 16.6 Å². The molecule has 1 atom stereocenters. The second-order valence-electron chi connectivity index (χ2n) is 6.44. The van der Waals surface area contributed by atoms with Crippen molar-refractivity contribution in [2.45, 2.75) is 37.2 Å². The van der Waals surface area contributed by atoms with Gasteiger partial charge in [0.15, 0.2) is 10.9 Å². The Morgan fingerprint density at radius 2 is 2.00 bits per heavy atom. The first kappa shape index (κ1) is 20.4. The zero-order valence-corrected chi connectivity index (χ0v) is 17.4. The van der Waals surface area contributed by atoms with Gasteiger partial charge in [0.2, 0.25) is 0 Å². The third kappa shape index (κ3) is 4.21. The van der Waals surface area contributed by atoms with Crippen LogP contribution in [0.5, 0.6) is 0 Å². The summed E-state index contributed by atoms with van der Waals surface area (Å²) in [5.41, 5.74) is 2.21. The second kappa shape index (κ2) is 8.76. The summed E-state index contributed by atoms with van der Waals surface area (Å²) in [5.74, 6) is 0.00302. The third-order valence-corrected chi connectivity index (χ3v) is 5.82. The monoisotopic (exact) mass is 412 g/mol. The molecular weight excluding hydrogens is 392 g/mol. The summed E-state index contributed by atoms with van der Waals surface area (Å²) < 4.78 is 1.53. The van der Waals surface area contributed by atoms with Crippen molar-refractivity contribution in [3.05, 3.63) is 81.6 Å². The topological polar surface area (TPSA) is 52.0 Å². The number of hydrogen-bond donors (Lipinski definition) is 0. The van der Waals surface area contributed by atoms with Gasteiger partial charge in [-0.2, -0.15) is 0 Å². The Balaban J connectivity index is 1.96. The van der Waals surface area contributed by atoms with Gasteiger partial charge in [0.25, 0.3) is 5.56 Å². The molecule has 0 fully saturated rings. The number of hydrogen-bond acceptors (Lipinski definition) is 4. The van der Waals surface area contributed by atoms with E-state index in [2.05, 4.69) is 18.5 Å². The standard InChI is InChI=1S/C22H21ClN2O2S/c1-4-12-25-21(27)18-13-17(23)10-11-19(18)24-22(25)28-14(3)20(26)16-8-6-15(5-2)7-9-16/h4,6-11,13-14H,1,5,12H2,2-3H3/t14-/m0/s1. The fraction of sp³-hybridized carbons (Fsp3) is 0.227. The molecule has 0 aliphatic carbocycles. The molecule has 3 rings (SSSR count). The van der Waals surface area contributed by atoms with Gasteiger partial charge in [-0.15, -0.1) is 6.58 Å². The van der Waals surface area contributed by atoms with E-state index < -0.39 is 0 Å². The van der Waals surface area contributed by atoms with Crippen molar-refractivity contribution < 1.29 is 4.79 Å². The van der Waals surface area contributed by atoms with E-state index >= 15 is 0 Å². The molecule has 0 unspecified atom stereocenters. The van der Waals surface area contributed by atoms with Crippen LogP contribution in [0.25, 0.3) is 10.9 Å². The van der Waals surface area contributed by atoms with Crippen molar-refractivity contribution in [3.8, 4) is 0 Å². The van der Waals surface area contributed by atoms with Crippen LogP contribution in [0, 0.1) is 0 Å². The number of aromatic nitrogens is 2. The Kier molecular flexibility index (Phi) is 6.37. The molecule has 28 heavy (non-hydrogen) atoms. The van der Waals surface area contributed by atoms with E-state index in [4.69, 9.17) is 11.6 Å². The molecule has 0 amide bonds. The fourth-order valence-corrected chi connectivity index (χ4v) is 4.07. The number of fused-ring (bicyclic) bond motifs is 1. The summed E-state index contributed by atoms with van der Waals surface area (Å²) in [5, 5.41) is 1.04. The molecule has 0 radical (unpaired) electrons. The van der Waals surface area contributed by atoms with Crippen LogP contribution in [-0.2, 0) is 13.0 Å². The van der Waals surface area contributed by atoms with Crippen molar-refractivity contribution in [1.82, 2.24) is 9.55 Å². The third-order valence-electron chi connectivity index (χ3n) is 4.49. The largest absolute Gasteiger partial charge is 0.293 e. The lowest BCUT2D eigenvalue weighted by Crippen LogP contribution is -2.24. The van der Waals surface area contributed by atoms with Gasteiger partial charge in [-0.1, -0.05) is 60.6 Å². The number of halogens is 1. The van der Waals surface area contributed by atoms with Crippen LogP contribution in [0.1, 0.15) is 29.8 Å². The van der Waals surface area contributed by atoms with Gasteiger partial charge in [-0.25, -0.2) is 4.98 Å². The van der Waals surface area contributed by atoms with Gasteiger partial charge in [-0.05, 0) is 37.1 Å². The lowest BCUT2D eigenvalue weighted by molar-refractivity contribution is 0.0994. The van der Waals surface area contributed by atoms with Crippen molar-refractivity contribution in [2.75, 3.05) is 0 Å². The Morgan fingerprint density at radius 1 is 1.29 bits per heavy atom. The molecule has 4 nitrogen and oxygen atoms in total. The molecule has 0 saturated carbocycles. The lowest BCUT2D eigenvalue weighted by atomic mass is 10.1. The normalized spacial score (nSPS) is 12.1. The molecule has 0 spiro atoms. The molecule has 1 aromatic heterocycles. The number of aryl methyl sites for hydroxylation is 1. The van der Waals surface area contributed by atoms with Crippen molar-refractivity contribution in [1.29, 1.82) is 0 Å². The number of carbonyl (C=O) groups is 1. The zero-order chi connectivity index (χ0) is 20.3. The number of benzene rings is 2. The number of nitrogens with zero attached hydrogens (tertiary/aromatic N) is 2. The van der Waals surface area contributed by atoms with Crippen molar-refractivity contribution in [3.63, 3.8) is 0 Å². The maximum absolute atomic E-state index is 12.9. The highest BCUT2D eigenvalue weighted by Crippen LogP contribution is 2.26. The van der Waals surface area contributed by atoms with Gasteiger partial charge in [0.05, 0.1) is 16.2 Å². The van der Waals surface area contributed by atoms with Gasteiger partial charge in [-0.3, -0.25) is 14.2 Å². The highest BCUT2D eigenvalue weighted by atomic mass is 35.5. The van der Waals surface area contributed by atoms with Crippen LogP contribution in [0.4, 0.5) is 0 Å². The van der Waals surface area contributed by atoms with Gasteiger partial charge < -0.3 is 0 Å². The summed E-state index contributed by atoms with van der Waals surface area (Å²) in [4.78, 5) is 30.3. The zero-order valence-electron chi connectivity index (χ0n) is 15.8. The molecule has 6 heteroatoms. The van der Waals surface area contributed by atoms with Crippen LogP contribution >= 0.6 is 23.4 Å². The Hall–Kier alpha value is -2.37. The minimum absolute atomic E-state index is 0.00302. The number of carbonyl (C=O) groups excluding carboxylic acids is 1. The molecule has 0 aliphatic rings. The van der Waals surface area contributed by atoms with E-state index in [1.54, 1.807) is 24.3 Å². The lowest BCUT2D eigenvalue weighted by Gasteiger charge is -2.15. The number of rotatable bonds is 7. The van der Waals surface area contributed by atoms with E-state index in [0.717, 1.165) is 6.42 Å². The van der Waals surface area contributed by atoms with Crippen LogP contribution in [-0.4, -0.2) is 20.6 Å². The fourth-order valence-electron chi connectivity index (χ4n) is 2.90. The number of allylic oxidation sites excluding steroid dienone is 1.